The van der Waals surface area contributed by atoms with E-state index >= 15 is 0 Å². The van der Waals surface area contributed by atoms with Crippen LogP contribution in [0.1, 0.15) is 12.5 Å². The first-order valence-corrected chi connectivity index (χ1v) is 7.37. The van der Waals surface area contributed by atoms with Gasteiger partial charge in [0.25, 0.3) is 0 Å². The van der Waals surface area contributed by atoms with Crippen molar-refractivity contribution in [3.05, 3.63) is 90.5 Å². The molecule has 0 saturated carbocycles. The van der Waals surface area contributed by atoms with Crippen molar-refractivity contribution in [3.63, 3.8) is 0 Å². The topological polar surface area (TPSA) is 3.24 Å². The summed E-state index contributed by atoms with van der Waals surface area (Å²) < 4.78 is 0. The van der Waals surface area contributed by atoms with E-state index in [1.807, 2.05) is 0 Å². The molecule has 0 aliphatic heterocycles. The summed E-state index contributed by atoms with van der Waals surface area (Å²) in [5.74, 6) is 0. The van der Waals surface area contributed by atoms with Crippen molar-refractivity contribution in [3.8, 4) is 0 Å². The molecule has 0 radical (unpaired) electrons. The highest BCUT2D eigenvalue weighted by Crippen LogP contribution is 2.34. The van der Waals surface area contributed by atoms with Gasteiger partial charge in [-0.25, -0.2) is 0 Å². The second-order valence-electron chi connectivity index (χ2n) is 5.03. The molecule has 3 aromatic carbocycles. The van der Waals surface area contributed by atoms with Crippen LogP contribution in [0.4, 0.5) is 17.1 Å². The Labute approximate surface area is 126 Å². The lowest BCUT2D eigenvalue weighted by molar-refractivity contribution is 1.13. The summed E-state index contributed by atoms with van der Waals surface area (Å²) in [5, 5.41) is 0. The summed E-state index contributed by atoms with van der Waals surface area (Å²) in [6, 6.07) is 29.7. The van der Waals surface area contributed by atoms with Gasteiger partial charge in [0.2, 0.25) is 0 Å². The molecule has 0 amide bonds. The van der Waals surface area contributed by atoms with Crippen molar-refractivity contribution in [1.29, 1.82) is 0 Å². The third-order valence-corrected chi connectivity index (χ3v) is 3.61. The third-order valence-electron chi connectivity index (χ3n) is 3.61. The summed E-state index contributed by atoms with van der Waals surface area (Å²) in [4.78, 5) is 2.29. The maximum absolute atomic E-state index is 2.29. The van der Waals surface area contributed by atoms with E-state index in [0.717, 1.165) is 6.42 Å². The number of nitrogens with zero attached hydrogens (tertiary/aromatic N) is 1. The maximum Gasteiger partial charge on any atom is 0.0464 e. The van der Waals surface area contributed by atoms with Crippen molar-refractivity contribution in [2.24, 2.45) is 0 Å². The van der Waals surface area contributed by atoms with E-state index in [-0.39, 0.29) is 0 Å². The second-order valence-corrected chi connectivity index (χ2v) is 5.03. The first kappa shape index (κ1) is 13.4. The monoisotopic (exact) mass is 273 g/mol. The van der Waals surface area contributed by atoms with Crippen molar-refractivity contribution in [1.82, 2.24) is 0 Å². The molecule has 0 aromatic heterocycles. The molecule has 0 aliphatic carbocycles. The van der Waals surface area contributed by atoms with Crippen LogP contribution in [0.3, 0.4) is 0 Å². The first-order chi connectivity index (χ1) is 10.4. The first-order valence-electron chi connectivity index (χ1n) is 7.37. The summed E-state index contributed by atoms with van der Waals surface area (Å²) in [7, 11) is 0. The van der Waals surface area contributed by atoms with Gasteiger partial charge < -0.3 is 4.90 Å². The Bertz CT molecular complexity index is 650. The lowest BCUT2D eigenvalue weighted by Gasteiger charge is -2.25. The Kier molecular flexibility index (Phi) is 4.02. The Hall–Kier alpha value is -2.54. The minimum absolute atomic E-state index is 1.05. The molecule has 1 nitrogen and oxygen atoms in total. The molecule has 0 spiro atoms. The number of benzene rings is 3. The fourth-order valence-electron chi connectivity index (χ4n) is 2.52. The predicted molar refractivity (Wildman–Crippen MR) is 90.5 cm³/mol. The van der Waals surface area contributed by atoms with Gasteiger partial charge in [0.15, 0.2) is 0 Å². The standard InChI is InChI=1S/C20H19N/c1-2-17-10-9-15-20(16-17)21(18-11-5-3-6-12-18)19-13-7-4-8-14-19/h3-16H,2H2,1H3. The van der Waals surface area contributed by atoms with Crippen molar-refractivity contribution >= 4 is 17.1 Å². The minimum Gasteiger partial charge on any atom is -0.310 e. The van der Waals surface area contributed by atoms with Crippen molar-refractivity contribution in [2.45, 2.75) is 13.3 Å². The number of para-hydroxylation sites is 2. The molecule has 0 bridgehead atoms. The molecule has 0 heterocycles. The van der Waals surface area contributed by atoms with E-state index in [4.69, 9.17) is 0 Å². The quantitative estimate of drug-likeness (QED) is 0.587. The fourth-order valence-corrected chi connectivity index (χ4v) is 2.52. The van der Waals surface area contributed by atoms with Crippen LogP contribution < -0.4 is 4.90 Å². The van der Waals surface area contributed by atoms with Gasteiger partial charge in [0.1, 0.15) is 0 Å². The molecule has 0 N–H and O–H groups in total. The predicted octanol–water partition coefficient (Wildman–Crippen LogP) is 5.72. The Morgan fingerprint density at radius 1 is 0.619 bits per heavy atom. The van der Waals surface area contributed by atoms with E-state index in [9.17, 15) is 0 Å². The maximum atomic E-state index is 2.29. The number of rotatable bonds is 4. The minimum atomic E-state index is 1.05. The molecule has 1 heteroatoms. The van der Waals surface area contributed by atoms with Crippen LogP contribution in [0.5, 0.6) is 0 Å². The van der Waals surface area contributed by atoms with E-state index in [2.05, 4.69) is 96.8 Å². The number of anilines is 3. The van der Waals surface area contributed by atoms with Crippen LogP contribution in [-0.2, 0) is 6.42 Å². The lowest BCUT2D eigenvalue weighted by Crippen LogP contribution is -2.09. The van der Waals surface area contributed by atoms with Crippen LogP contribution in [0.15, 0.2) is 84.9 Å². The molecule has 0 atom stereocenters. The summed E-state index contributed by atoms with van der Waals surface area (Å²) in [6.45, 7) is 2.19. The highest BCUT2D eigenvalue weighted by Gasteiger charge is 2.11. The molecule has 3 aromatic rings. The van der Waals surface area contributed by atoms with Crippen LogP contribution in [0, 0.1) is 0 Å². The van der Waals surface area contributed by atoms with Gasteiger partial charge in [-0.05, 0) is 48.4 Å². The van der Waals surface area contributed by atoms with Crippen molar-refractivity contribution < 1.29 is 0 Å². The Morgan fingerprint density at radius 3 is 1.67 bits per heavy atom. The van der Waals surface area contributed by atoms with Gasteiger partial charge in [-0.15, -0.1) is 0 Å². The van der Waals surface area contributed by atoms with E-state index in [0.29, 0.717) is 0 Å². The zero-order valence-corrected chi connectivity index (χ0v) is 12.2. The Morgan fingerprint density at radius 2 is 1.14 bits per heavy atom. The van der Waals surface area contributed by atoms with Crippen molar-refractivity contribution in [2.75, 3.05) is 4.90 Å². The van der Waals surface area contributed by atoms with Crippen LogP contribution in [0.2, 0.25) is 0 Å². The fraction of sp³-hybridized carbons (Fsp3) is 0.100. The normalized spacial score (nSPS) is 10.3. The zero-order chi connectivity index (χ0) is 14.5. The Balaban J connectivity index is 2.12. The molecule has 0 aliphatic rings. The van der Waals surface area contributed by atoms with Gasteiger partial charge in [-0.2, -0.15) is 0 Å². The van der Waals surface area contributed by atoms with Gasteiger partial charge >= 0.3 is 0 Å². The average Bonchev–Trinajstić information content (AvgIpc) is 2.57. The summed E-state index contributed by atoms with van der Waals surface area (Å²) in [5.41, 5.74) is 4.91. The van der Waals surface area contributed by atoms with E-state index in [1.165, 1.54) is 22.6 Å². The van der Waals surface area contributed by atoms with Gasteiger partial charge in [0.05, 0.1) is 0 Å². The molecular formula is C20H19N. The van der Waals surface area contributed by atoms with Gasteiger partial charge in [-0.1, -0.05) is 55.5 Å². The number of aryl methyl sites for hydroxylation is 1. The van der Waals surface area contributed by atoms with Gasteiger partial charge in [0, 0.05) is 17.1 Å². The SMILES string of the molecule is CCc1cccc(N(c2ccccc2)c2ccccc2)c1. The van der Waals surface area contributed by atoms with Crippen LogP contribution >= 0.6 is 0 Å². The smallest absolute Gasteiger partial charge is 0.0464 e. The largest absolute Gasteiger partial charge is 0.310 e. The molecule has 3 rings (SSSR count). The third kappa shape index (κ3) is 2.97. The zero-order valence-electron chi connectivity index (χ0n) is 12.2. The molecule has 0 unspecified atom stereocenters. The number of hydrogen-bond acceptors (Lipinski definition) is 1. The molecule has 104 valence electrons. The molecule has 0 saturated heterocycles. The van der Waals surface area contributed by atoms with Crippen LogP contribution in [-0.4, -0.2) is 0 Å². The van der Waals surface area contributed by atoms with Crippen LogP contribution in [0.25, 0.3) is 0 Å². The summed E-state index contributed by atoms with van der Waals surface area (Å²) >= 11 is 0. The van der Waals surface area contributed by atoms with Gasteiger partial charge in [-0.3, -0.25) is 0 Å². The summed E-state index contributed by atoms with van der Waals surface area (Å²) in [6.07, 6.45) is 1.05. The van der Waals surface area contributed by atoms with E-state index < -0.39 is 0 Å². The highest BCUT2D eigenvalue weighted by molar-refractivity contribution is 5.76. The number of hydrogen-bond donors (Lipinski definition) is 0. The lowest BCUT2D eigenvalue weighted by atomic mass is 10.1. The molecule has 0 fully saturated rings. The molecule has 21 heavy (non-hydrogen) atoms. The second kappa shape index (κ2) is 6.27. The molecular weight excluding hydrogens is 254 g/mol. The highest BCUT2D eigenvalue weighted by atomic mass is 15.1. The average molecular weight is 273 g/mol. The van der Waals surface area contributed by atoms with E-state index in [1.54, 1.807) is 0 Å².